The van der Waals surface area contributed by atoms with Crippen LogP contribution in [-0.4, -0.2) is 31.1 Å². The SMILES string of the molecule is CC(C)C1(C)OB(C2C=NNC2)OC1(C)C. The maximum Gasteiger partial charge on any atom is 0.468 e. The molecule has 0 spiro atoms. The minimum Gasteiger partial charge on any atom is -0.403 e. The van der Waals surface area contributed by atoms with E-state index in [1.54, 1.807) is 0 Å². The molecule has 16 heavy (non-hydrogen) atoms. The lowest BCUT2D eigenvalue weighted by molar-refractivity contribution is -0.0435. The first-order chi connectivity index (χ1) is 7.37. The van der Waals surface area contributed by atoms with Gasteiger partial charge in [0.25, 0.3) is 0 Å². The molecule has 2 unspecified atom stereocenters. The Morgan fingerprint density at radius 1 is 1.38 bits per heavy atom. The number of hydrazone groups is 1. The fraction of sp³-hybridized carbons (Fsp3) is 0.909. The third kappa shape index (κ3) is 1.66. The van der Waals surface area contributed by atoms with E-state index in [1.165, 1.54) is 0 Å². The van der Waals surface area contributed by atoms with Gasteiger partial charge in [-0.15, -0.1) is 0 Å². The number of nitrogens with zero attached hydrogens (tertiary/aromatic N) is 1. The lowest BCUT2D eigenvalue weighted by atomic mass is 9.73. The van der Waals surface area contributed by atoms with Crippen LogP contribution in [0, 0.1) is 5.92 Å². The van der Waals surface area contributed by atoms with E-state index in [2.05, 4.69) is 45.1 Å². The van der Waals surface area contributed by atoms with Gasteiger partial charge < -0.3 is 14.7 Å². The van der Waals surface area contributed by atoms with Crippen LogP contribution in [0.2, 0.25) is 5.82 Å². The molecular weight excluding hydrogens is 203 g/mol. The van der Waals surface area contributed by atoms with E-state index in [4.69, 9.17) is 9.31 Å². The van der Waals surface area contributed by atoms with Gasteiger partial charge in [0.05, 0.1) is 17.0 Å². The van der Waals surface area contributed by atoms with Gasteiger partial charge in [-0.05, 0) is 26.7 Å². The Labute approximate surface area is 97.9 Å². The second kappa shape index (κ2) is 3.74. The smallest absolute Gasteiger partial charge is 0.403 e. The van der Waals surface area contributed by atoms with Crippen LogP contribution in [0.15, 0.2) is 5.10 Å². The van der Waals surface area contributed by atoms with Gasteiger partial charge in [0, 0.05) is 12.8 Å². The largest absolute Gasteiger partial charge is 0.468 e. The van der Waals surface area contributed by atoms with Crippen molar-refractivity contribution in [3.8, 4) is 0 Å². The summed E-state index contributed by atoms with van der Waals surface area (Å²) in [6, 6.07) is 0. The van der Waals surface area contributed by atoms with Crippen LogP contribution in [0.5, 0.6) is 0 Å². The Morgan fingerprint density at radius 2 is 2.06 bits per heavy atom. The monoisotopic (exact) mass is 224 g/mol. The van der Waals surface area contributed by atoms with E-state index in [0.717, 1.165) is 6.54 Å². The first kappa shape index (κ1) is 11.9. The van der Waals surface area contributed by atoms with Crippen LogP contribution < -0.4 is 5.43 Å². The molecule has 5 heteroatoms. The summed E-state index contributed by atoms with van der Waals surface area (Å²) in [5.74, 6) is 0.638. The average Bonchev–Trinajstić information content (AvgIpc) is 2.74. The second-order valence-corrected chi connectivity index (χ2v) is 5.68. The van der Waals surface area contributed by atoms with Gasteiger partial charge in [0.1, 0.15) is 0 Å². The van der Waals surface area contributed by atoms with E-state index in [9.17, 15) is 0 Å². The van der Waals surface area contributed by atoms with Crippen LogP contribution in [-0.2, 0) is 9.31 Å². The van der Waals surface area contributed by atoms with E-state index < -0.39 is 0 Å². The summed E-state index contributed by atoms with van der Waals surface area (Å²) in [5, 5.41) is 4.01. The molecule has 2 aliphatic rings. The molecule has 2 heterocycles. The third-order valence-electron chi connectivity index (χ3n) is 4.10. The third-order valence-corrected chi connectivity index (χ3v) is 4.10. The topological polar surface area (TPSA) is 42.8 Å². The Morgan fingerprint density at radius 3 is 2.50 bits per heavy atom. The number of nitrogens with one attached hydrogen (secondary N) is 1. The number of hydrogen-bond acceptors (Lipinski definition) is 4. The van der Waals surface area contributed by atoms with Gasteiger partial charge >= 0.3 is 7.12 Å². The zero-order valence-corrected chi connectivity index (χ0v) is 10.8. The van der Waals surface area contributed by atoms with Gasteiger partial charge in [-0.2, -0.15) is 5.10 Å². The zero-order chi connectivity index (χ0) is 12.0. The quantitative estimate of drug-likeness (QED) is 0.725. The molecule has 1 N–H and O–H groups in total. The summed E-state index contributed by atoms with van der Waals surface area (Å²) in [6.45, 7) is 11.5. The van der Waals surface area contributed by atoms with Gasteiger partial charge in [-0.3, -0.25) is 0 Å². The van der Waals surface area contributed by atoms with Crippen molar-refractivity contribution in [2.24, 2.45) is 11.0 Å². The fourth-order valence-electron chi connectivity index (χ4n) is 2.35. The summed E-state index contributed by atoms with van der Waals surface area (Å²) in [7, 11) is -0.179. The van der Waals surface area contributed by atoms with Crippen molar-refractivity contribution in [3.05, 3.63) is 0 Å². The molecule has 0 radical (unpaired) electrons. The highest BCUT2D eigenvalue weighted by Gasteiger charge is 2.57. The summed E-state index contributed by atoms with van der Waals surface area (Å²) < 4.78 is 12.2. The molecule has 0 bridgehead atoms. The van der Waals surface area contributed by atoms with Crippen LogP contribution in [0.3, 0.4) is 0 Å². The van der Waals surface area contributed by atoms with E-state index in [-0.39, 0.29) is 24.1 Å². The molecule has 1 saturated heterocycles. The molecular formula is C11H21BN2O2. The highest BCUT2D eigenvalue weighted by molar-refractivity contribution is 6.52. The Kier molecular flexibility index (Phi) is 2.79. The molecule has 2 rings (SSSR count). The molecule has 1 fully saturated rings. The molecule has 0 saturated carbocycles. The summed E-state index contributed by atoms with van der Waals surface area (Å²) in [6.07, 6.45) is 1.88. The molecule has 0 aromatic heterocycles. The molecule has 0 amide bonds. The van der Waals surface area contributed by atoms with Gasteiger partial charge in [-0.1, -0.05) is 13.8 Å². The highest BCUT2D eigenvalue weighted by atomic mass is 16.7. The summed E-state index contributed by atoms with van der Waals surface area (Å²) in [5.41, 5.74) is 2.44. The number of hydrogen-bond donors (Lipinski definition) is 1. The normalized spacial score (nSPS) is 37.1. The zero-order valence-electron chi connectivity index (χ0n) is 10.8. The molecule has 0 aliphatic carbocycles. The van der Waals surface area contributed by atoms with E-state index in [0.29, 0.717) is 5.92 Å². The van der Waals surface area contributed by atoms with Gasteiger partial charge in [0.15, 0.2) is 0 Å². The van der Waals surface area contributed by atoms with Crippen LogP contribution >= 0.6 is 0 Å². The van der Waals surface area contributed by atoms with Crippen molar-refractivity contribution >= 4 is 13.3 Å². The van der Waals surface area contributed by atoms with Crippen molar-refractivity contribution in [3.63, 3.8) is 0 Å². The predicted molar refractivity (Wildman–Crippen MR) is 65.5 cm³/mol. The van der Waals surface area contributed by atoms with E-state index in [1.807, 2.05) is 6.21 Å². The highest BCUT2D eigenvalue weighted by Crippen LogP contribution is 2.44. The van der Waals surface area contributed by atoms with Crippen molar-refractivity contribution in [2.45, 2.75) is 51.6 Å². The van der Waals surface area contributed by atoms with Crippen LogP contribution in [0.25, 0.3) is 0 Å². The lowest BCUT2D eigenvalue weighted by Crippen LogP contribution is -2.48. The van der Waals surface area contributed by atoms with Gasteiger partial charge in [-0.25, -0.2) is 0 Å². The predicted octanol–water partition coefficient (Wildman–Crippen LogP) is 1.67. The Hall–Kier alpha value is -0.545. The van der Waals surface area contributed by atoms with Crippen molar-refractivity contribution < 1.29 is 9.31 Å². The molecule has 0 aromatic rings. The van der Waals surface area contributed by atoms with Crippen molar-refractivity contribution in [1.29, 1.82) is 0 Å². The fourth-order valence-corrected chi connectivity index (χ4v) is 2.35. The van der Waals surface area contributed by atoms with Crippen LogP contribution in [0.4, 0.5) is 0 Å². The average molecular weight is 224 g/mol. The summed E-state index contributed by atoms with van der Waals surface area (Å²) >= 11 is 0. The molecule has 2 atom stereocenters. The molecule has 0 aromatic carbocycles. The maximum atomic E-state index is 6.16. The Balaban J connectivity index is 2.16. The summed E-state index contributed by atoms with van der Waals surface area (Å²) in [4.78, 5) is 0. The standard InChI is InChI=1S/C11H21BN2O2/c1-8(2)11(5)10(3,4)15-12(16-11)9-6-13-14-7-9/h6,8-9,14H,7H2,1-5H3. The molecule has 90 valence electrons. The van der Waals surface area contributed by atoms with Gasteiger partial charge in [0.2, 0.25) is 0 Å². The molecule has 2 aliphatic heterocycles. The second-order valence-electron chi connectivity index (χ2n) is 5.68. The Bertz CT molecular complexity index is 306. The first-order valence-corrected chi connectivity index (χ1v) is 5.98. The first-order valence-electron chi connectivity index (χ1n) is 5.98. The minimum absolute atomic E-state index is 0.179. The van der Waals surface area contributed by atoms with E-state index >= 15 is 0 Å². The maximum absolute atomic E-state index is 6.16. The number of rotatable bonds is 2. The molecule has 4 nitrogen and oxygen atoms in total. The lowest BCUT2D eigenvalue weighted by Gasteiger charge is -2.39. The van der Waals surface area contributed by atoms with Crippen LogP contribution in [0.1, 0.15) is 34.6 Å². The van der Waals surface area contributed by atoms with Crippen molar-refractivity contribution in [2.75, 3.05) is 6.54 Å². The van der Waals surface area contributed by atoms with Crippen molar-refractivity contribution in [1.82, 2.24) is 5.43 Å². The minimum atomic E-state index is -0.262.